The number of nitroso groups, excluding NO2 is 1. The molecule has 5 aliphatic rings. The number of pyridine rings is 1. The number of carbonyl (C=O) groups is 3. The first-order chi connectivity index (χ1) is 39.1. The third-order valence-corrected chi connectivity index (χ3v) is 19.0. The highest BCUT2D eigenvalue weighted by atomic mass is 32.2. The number of methoxy groups -OCH3 is 1. The van der Waals surface area contributed by atoms with E-state index in [1.165, 1.54) is 10.0 Å². The minimum atomic E-state index is -2.98. The van der Waals surface area contributed by atoms with Crippen molar-refractivity contribution < 1.29 is 47.0 Å². The third-order valence-electron chi connectivity index (χ3n) is 17.1. The molecule has 6 bridgehead atoms. The van der Waals surface area contributed by atoms with Gasteiger partial charge >= 0.3 is 12.2 Å². The van der Waals surface area contributed by atoms with Crippen LogP contribution in [0.5, 0.6) is 5.75 Å². The average molecular weight is 1140 g/mol. The van der Waals surface area contributed by atoms with Gasteiger partial charge in [0.1, 0.15) is 17.8 Å². The number of cyclic esters (lactones) is 1. The Morgan fingerprint density at radius 3 is 2.49 bits per heavy atom. The lowest BCUT2D eigenvalue weighted by Gasteiger charge is -2.36. The topological polar surface area (TPSA) is 231 Å². The van der Waals surface area contributed by atoms with Gasteiger partial charge in [0.25, 0.3) is 5.91 Å². The van der Waals surface area contributed by atoms with Crippen molar-refractivity contribution in [3.8, 4) is 40.0 Å². The van der Waals surface area contributed by atoms with Crippen molar-refractivity contribution in [3.05, 3.63) is 106 Å². The number of aromatic hydroxyl groups is 1. The number of ether oxygens (including phenoxy) is 3. The summed E-state index contributed by atoms with van der Waals surface area (Å²) < 4.78 is 45.0. The number of likely N-dealkylation sites (N-methyl/N-ethyl adjacent to an activating group) is 1. The summed E-state index contributed by atoms with van der Waals surface area (Å²) in [5.41, 5.74) is 17.2. The Morgan fingerprint density at radius 2 is 1.78 bits per heavy atom. The molecule has 8 atom stereocenters. The quantitative estimate of drug-likeness (QED) is 0.0342. The molecule has 20 heteroatoms. The molecule has 0 aliphatic carbocycles. The highest BCUT2D eigenvalue weighted by Gasteiger charge is 2.48. The number of nitrogens with two attached hydrogens (primary N) is 1. The van der Waals surface area contributed by atoms with Crippen LogP contribution in [0, 0.1) is 39.9 Å². The Bertz CT molecular complexity index is 3420. The number of hydrogen-bond acceptors (Lipinski definition) is 14. The lowest BCUT2D eigenvalue weighted by molar-refractivity contribution is -0.763. The van der Waals surface area contributed by atoms with Crippen molar-refractivity contribution in [2.45, 2.75) is 117 Å². The van der Waals surface area contributed by atoms with E-state index in [9.17, 15) is 32.8 Å². The fourth-order valence-electron chi connectivity index (χ4n) is 13.0. The van der Waals surface area contributed by atoms with E-state index in [1.807, 2.05) is 45.0 Å². The molecule has 5 aromatic rings. The highest BCUT2D eigenvalue weighted by molar-refractivity contribution is 7.91. The van der Waals surface area contributed by atoms with Crippen LogP contribution >= 0.6 is 0 Å². The number of nitrogen functional groups attached to an aromatic ring is 1. The van der Waals surface area contributed by atoms with Crippen molar-refractivity contribution in [3.63, 3.8) is 0 Å². The van der Waals surface area contributed by atoms with E-state index in [4.69, 9.17) is 24.9 Å². The molecule has 0 unspecified atom stereocenters. The van der Waals surface area contributed by atoms with E-state index in [1.54, 1.807) is 44.6 Å². The number of likely N-dealkylation sites (tertiary alicyclic amines) is 1. The third kappa shape index (κ3) is 12.3. The maximum absolute atomic E-state index is 15.0. The number of rotatable bonds is 12. The number of sulfone groups is 1. The number of aromatic nitrogens is 2. The van der Waals surface area contributed by atoms with Gasteiger partial charge in [-0.25, -0.2) is 13.8 Å². The van der Waals surface area contributed by atoms with Gasteiger partial charge in [0.15, 0.2) is 20.7 Å². The smallest absolute Gasteiger partial charge is 0.344 e. The van der Waals surface area contributed by atoms with Crippen LogP contribution < -0.4 is 16.5 Å². The summed E-state index contributed by atoms with van der Waals surface area (Å²) in [5.74, 6) is 5.22. The van der Waals surface area contributed by atoms with Gasteiger partial charge in [-0.15, -0.1) is 5.01 Å². The Hall–Kier alpha value is -6.89. The molecule has 7 heterocycles. The number of anilines is 1. The van der Waals surface area contributed by atoms with E-state index in [2.05, 4.69) is 71.0 Å². The SMILES string of the molecule is CCn1c(-c2cc(C#CCN3C[C@@H]4CS(=O)(=O)C[C@@H]4C3)cnc2[C@H](C)OC)c2c3cc(ccc31)-c1cc(O)cc(c1)C[C@H](NC(=O)[C@H](C(C)C)N(C)[N+](=O)[C@@H]1OCC[C@@H]1c1ccc(N)cc1)C(=O)N1CCC[C@H](N1)C(=O)OCC(C)(C)C2. The Morgan fingerprint density at radius 1 is 1.04 bits per heavy atom. The molecular formula is C62H78N9O10S+. The molecule has 0 radical (unpaired) electrons. The van der Waals surface area contributed by atoms with Gasteiger partial charge in [0.05, 0.1) is 66.6 Å². The fraction of sp³-hybridized carbons (Fsp3) is 0.516. The van der Waals surface area contributed by atoms with Crippen LogP contribution in [0.2, 0.25) is 0 Å². The molecule has 3 aromatic carbocycles. The number of phenolic OH excluding ortho intramolecular Hbond substituents is 1. The molecule has 436 valence electrons. The van der Waals surface area contributed by atoms with Gasteiger partial charge in [-0.3, -0.25) is 29.3 Å². The van der Waals surface area contributed by atoms with E-state index < -0.39 is 69.4 Å². The Labute approximate surface area is 480 Å². The normalized spacial score (nSPS) is 24.3. The van der Waals surface area contributed by atoms with Crippen molar-refractivity contribution in [1.29, 1.82) is 0 Å². The van der Waals surface area contributed by atoms with Gasteiger partial charge in [-0.05, 0) is 128 Å². The number of esters is 1. The maximum Gasteiger partial charge on any atom is 0.344 e. The number of hydrazine groups is 2. The average Bonchev–Trinajstić information content (AvgIpc) is 3.14. The predicted molar refractivity (Wildman–Crippen MR) is 312 cm³/mol. The summed E-state index contributed by atoms with van der Waals surface area (Å²) in [6, 6.07) is 17.7. The molecule has 0 saturated carbocycles. The van der Waals surface area contributed by atoms with E-state index in [-0.39, 0.29) is 54.6 Å². The van der Waals surface area contributed by atoms with Crippen molar-refractivity contribution in [2.24, 2.45) is 23.2 Å². The van der Waals surface area contributed by atoms with Crippen LogP contribution in [0.1, 0.15) is 101 Å². The summed E-state index contributed by atoms with van der Waals surface area (Å²) in [5, 5.41) is 18.2. The largest absolute Gasteiger partial charge is 0.508 e. The zero-order chi connectivity index (χ0) is 58.4. The second-order valence-electron chi connectivity index (χ2n) is 24.2. The minimum absolute atomic E-state index is 0.0386. The maximum atomic E-state index is 15.0. The number of hydrogen-bond donors (Lipinski definition) is 4. The van der Waals surface area contributed by atoms with Crippen LogP contribution in [0.4, 0.5) is 5.69 Å². The zero-order valence-corrected chi connectivity index (χ0v) is 49.1. The first-order valence-corrected chi connectivity index (χ1v) is 30.6. The van der Waals surface area contributed by atoms with Crippen LogP contribution in [0.15, 0.2) is 72.9 Å². The molecule has 4 saturated heterocycles. The second kappa shape index (κ2) is 23.8. The van der Waals surface area contributed by atoms with E-state index >= 15 is 0 Å². The van der Waals surface area contributed by atoms with Crippen molar-refractivity contribution in [1.82, 2.24) is 35.2 Å². The van der Waals surface area contributed by atoms with Crippen LogP contribution in [-0.4, -0.2) is 150 Å². The lowest BCUT2D eigenvalue weighted by Crippen LogP contribution is -2.62. The Balaban J connectivity index is 1.02. The number of benzene rings is 3. The summed E-state index contributed by atoms with van der Waals surface area (Å²) in [6.45, 7) is 15.0. The second-order valence-corrected chi connectivity index (χ2v) is 26.4. The number of phenols is 1. The first-order valence-electron chi connectivity index (χ1n) is 28.7. The van der Waals surface area contributed by atoms with Crippen LogP contribution in [-0.2, 0) is 57.8 Å². The van der Waals surface area contributed by atoms with Crippen LogP contribution in [0.25, 0.3) is 33.3 Å². The van der Waals surface area contributed by atoms with E-state index in [0.717, 1.165) is 49.4 Å². The zero-order valence-electron chi connectivity index (χ0n) is 48.3. The van der Waals surface area contributed by atoms with Gasteiger partial charge in [0, 0.05) is 79.0 Å². The van der Waals surface area contributed by atoms with Crippen molar-refractivity contribution in [2.75, 3.05) is 70.8 Å². The molecular weight excluding hydrogens is 1060 g/mol. The number of fused-ring (bicyclic) bond motifs is 7. The molecule has 5 N–H and O–H groups in total. The Kier molecular flexibility index (Phi) is 16.9. The van der Waals surface area contributed by atoms with Gasteiger partial charge in [0.2, 0.25) is 5.91 Å². The number of aryl methyl sites for hydroxylation is 1. The van der Waals surface area contributed by atoms with Gasteiger partial charge < -0.3 is 34.9 Å². The number of nitrogens with one attached hydrogen (secondary N) is 2. The first kappa shape index (κ1) is 58.3. The fourth-order valence-corrected chi connectivity index (χ4v) is 15.2. The molecule has 5 aliphatic heterocycles. The summed E-state index contributed by atoms with van der Waals surface area (Å²) in [6.07, 6.45) is 2.35. The predicted octanol–water partition coefficient (Wildman–Crippen LogP) is 6.54. The highest BCUT2D eigenvalue weighted by Crippen LogP contribution is 2.43. The lowest BCUT2D eigenvalue weighted by atomic mass is 9.84. The summed E-state index contributed by atoms with van der Waals surface area (Å²) >= 11 is 0. The number of amides is 2. The molecule has 4 fully saturated rings. The molecule has 2 amide bonds. The standard InChI is InChI=1S/C62H77N9O10S/c1-9-69-54-19-16-42-29-49(54)51(57(69)50-26-39(31-64-55(50)38(4)79-8)12-10-21-68-32-44-34-82(77,78)35-45(44)33-68)30-62(5,6)36-81-61(75)52-13-11-22-70(66-52)59(74)53(27-40-24-43(42)28-47(72)25-40)65-58(73)56(37(2)3)67(7)71(76)60-48(20-23-80-60)41-14-17-46(63)18-15-41/h14-19,24-26,28-29,31,37-38,44-45,48,52-53,56,60,66H,9,11,13,20-23,27,30,32-36,63H2,1-8H3,(H-,65,72,73)/p+1/t38-,44-,45+,48+,52-,53-,56-,60+/m0/s1. The van der Waals surface area contributed by atoms with E-state index in [0.29, 0.717) is 80.8 Å². The molecule has 10 rings (SSSR count). The number of carbonyl (C=O) groups excluding carboxylic acids is 3. The molecule has 0 spiro atoms. The number of nitrogens with zero attached hydrogens (tertiary/aromatic N) is 6. The summed E-state index contributed by atoms with van der Waals surface area (Å²) in [4.78, 5) is 66.3. The van der Waals surface area contributed by atoms with Gasteiger partial charge in [-0.2, -0.15) is 0 Å². The monoisotopic (exact) mass is 1140 g/mol. The van der Waals surface area contributed by atoms with Gasteiger partial charge in [-0.1, -0.05) is 63.8 Å². The van der Waals surface area contributed by atoms with Crippen molar-refractivity contribution >= 4 is 44.2 Å². The molecule has 2 aromatic heterocycles. The molecule has 19 nitrogen and oxygen atoms in total. The van der Waals surface area contributed by atoms with Crippen LogP contribution in [0.3, 0.4) is 0 Å². The summed E-state index contributed by atoms with van der Waals surface area (Å²) in [7, 11) is 0.232. The molecule has 82 heavy (non-hydrogen) atoms. The minimum Gasteiger partial charge on any atom is -0.508 e.